The maximum atomic E-state index is 14.1. The summed E-state index contributed by atoms with van der Waals surface area (Å²) in [6.07, 6.45) is 5.55. The maximum absolute atomic E-state index is 14.1. The monoisotopic (exact) mass is 558 g/mol. The van der Waals surface area contributed by atoms with Crippen molar-refractivity contribution in [3.05, 3.63) is 78.1 Å². The van der Waals surface area contributed by atoms with Crippen LogP contribution < -0.4 is 14.8 Å². The zero-order chi connectivity index (χ0) is 28.6. The Kier molecular flexibility index (Phi) is 9.05. The number of pyridine rings is 1. The van der Waals surface area contributed by atoms with E-state index >= 15 is 0 Å². The van der Waals surface area contributed by atoms with Crippen molar-refractivity contribution in [2.75, 3.05) is 33.9 Å². The number of rotatable bonds is 12. The van der Waals surface area contributed by atoms with Gasteiger partial charge in [0.1, 0.15) is 18.1 Å². The Morgan fingerprint density at radius 3 is 2.66 bits per heavy atom. The van der Waals surface area contributed by atoms with Crippen LogP contribution in [-0.4, -0.2) is 76.7 Å². The fourth-order valence-corrected chi connectivity index (χ4v) is 5.07. The number of amides is 2. The van der Waals surface area contributed by atoms with Gasteiger partial charge in [0, 0.05) is 32.1 Å². The van der Waals surface area contributed by atoms with Crippen LogP contribution in [0.15, 0.2) is 67.0 Å². The molecule has 1 aliphatic heterocycles. The molecule has 2 aromatic heterocycles. The van der Waals surface area contributed by atoms with Crippen LogP contribution in [0.4, 0.5) is 0 Å². The molecule has 0 aliphatic carbocycles. The average molecular weight is 559 g/mol. The minimum absolute atomic E-state index is 0.0329. The molecule has 5 rings (SSSR count). The molecule has 2 amide bonds. The van der Waals surface area contributed by atoms with Crippen molar-refractivity contribution in [3.63, 3.8) is 0 Å². The van der Waals surface area contributed by atoms with Gasteiger partial charge in [-0.3, -0.25) is 14.6 Å². The molecule has 4 aromatic rings. The molecule has 1 aliphatic rings. The van der Waals surface area contributed by atoms with Gasteiger partial charge in [-0.2, -0.15) is 0 Å². The Balaban J connectivity index is 1.45. The first-order valence-electron chi connectivity index (χ1n) is 13.6. The molecule has 1 fully saturated rings. The molecule has 0 bridgehead atoms. The van der Waals surface area contributed by atoms with Crippen molar-refractivity contribution in [1.29, 1.82) is 0 Å². The molecule has 2 atom stereocenters. The molecule has 0 spiro atoms. The third-order valence-corrected chi connectivity index (χ3v) is 7.22. The van der Waals surface area contributed by atoms with Crippen LogP contribution in [0, 0.1) is 0 Å². The predicted molar refractivity (Wildman–Crippen MR) is 151 cm³/mol. The van der Waals surface area contributed by atoms with Gasteiger partial charge >= 0.3 is 0 Å². The van der Waals surface area contributed by atoms with Gasteiger partial charge in [0.25, 0.3) is 0 Å². The van der Waals surface area contributed by atoms with Gasteiger partial charge < -0.3 is 24.4 Å². The third kappa shape index (κ3) is 6.63. The number of fused-ring (bicyclic) bond motifs is 1. The van der Waals surface area contributed by atoms with Crippen molar-refractivity contribution < 1.29 is 23.8 Å². The lowest BCUT2D eigenvalue weighted by Crippen LogP contribution is -2.47. The van der Waals surface area contributed by atoms with Crippen LogP contribution in [0.25, 0.3) is 11.0 Å². The molecule has 2 aromatic carbocycles. The first-order valence-corrected chi connectivity index (χ1v) is 13.6. The molecule has 11 nitrogen and oxygen atoms in total. The van der Waals surface area contributed by atoms with Crippen LogP contribution >= 0.6 is 0 Å². The molecule has 0 saturated carbocycles. The average Bonchev–Trinajstić information content (AvgIpc) is 3.68. The number of carbonyl (C=O) groups is 2. The number of methoxy groups -OCH3 is 2. The fourth-order valence-electron chi connectivity index (χ4n) is 5.07. The lowest BCUT2D eigenvalue weighted by molar-refractivity contribution is -0.141. The maximum Gasteiger partial charge on any atom is 0.247 e. The number of nitrogens with zero attached hydrogens (tertiary/aromatic N) is 5. The van der Waals surface area contributed by atoms with E-state index in [1.165, 1.54) is 0 Å². The van der Waals surface area contributed by atoms with Gasteiger partial charge in [-0.1, -0.05) is 23.4 Å². The van der Waals surface area contributed by atoms with Crippen molar-refractivity contribution in [2.45, 2.75) is 38.0 Å². The smallest absolute Gasteiger partial charge is 0.247 e. The Morgan fingerprint density at radius 1 is 1.10 bits per heavy atom. The van der Waals surface area contributed by atoms with Crippen molar-refractivity contribution >= 4 is 22.8 Å². The number of aromatic nitrogens is 4. The van der Waals surface area contributed by atoms with E-state index in [1.54, 1.807) is 48.3 Å². The number of nitrogens with one attached hydrogen (secondary N) is 1. The first kappa shape index (κ1) is 28.0. The highest BCUT2D eigenvalue weighted by Gasteiger charge is 2.32. The summed E-state index contributed by atoms with van der Waals surface area (Å²) >= 11 is 0. The van der Waals surface area contributed by atoms with Crippen LogP contribution in [0.5, 0.6) is 11.5 Å². The molecule has 0 unspecified atom stereocenters. The van der Waals surface area contributed by atoms with Gasteiger partial charge in [0.2, 0.25) is 11.8 Å². The highest BCUT2D eigenvalue weighted by atomic mass is 16.5. The topological polar surface area (TPSA) is 121 Å². The quantitative estimate of drug-likeness (QED) is 0.282. The molecule has 214 valence electrons. The lowest BCUT2D eigenvalue weighted by Gasteiger charge is -2.32. The van der Waals surface area contributed by atoms with Crippen molar-refractivity contribution in [1.82, 2.24) is 30.2 Å². The third-order valence-electron chi connectivity index (χ3n) is 7.22. The van der Waals surface area contributed by atoms with E-state index in [1.807, 2.05) is 42.5 Å². The summed E-state index contributed by atoms with van der Waals surface area (Å²) in [7, 11) is 3.16. The summed E-state index contributed by atoms with van der Waals surface area (Å²) in [5, 5.41) is 11.4. The van der Waals surface area contributed by atoms with E-state index in [4.69, 9.17) is 14.2 Å². The summed E-state index contributed by atoms with van der Waals surface area (Å²) in [6, 6.07) is 15.7. The molecular weight excluding hydrogens is 524 g/mol. The van der Waals surface area contributed by atoms with Crippen molar-refractivity contribution in [3.8, 4) is 11.5 Å². The molecule has 11 heteroatoms. The highest BCUT2D eigenvalue weighted by molar-refractivity contribution is 5.89. The van der Waals surface area contributed by atoms with E-state index < -0.39 is 6.04 Å². The SMILES string of the molecule is COc1ccc(CCN(C(=O)Cn2nnc3ccccc32)[C@H](C(=O)NC[C@@H]2CCCO2)c2ccncc2)cc1OC. The second-order valence-electron chi connectivity index (χ2n) is 9.83. The summed E-state index contributed by atoms with van der Waals surface area (Å²) in [5.74, 6) is 0.661. The molecule has 41 heavy (non-hydrogen) atoms. The normalized spacial score (nSPS) is 15.4. The summed E-state index contributed by atoms with van der Waals surface area (Å²) in [4.78, 5) is 33.6. The summed E-state index contributed by atoms with van der Waals surface area (Å²) < 4.78 is 18.1. The standard InChI is InChI=1S/C30H34N6O5/c1-39-26-10-9-21(18-27(26)40-2)13-16-35(28(37)20-36-25-8-4-3-7-24(25)33-34-36)29(22-11-14-31-15-12-22)30(38)32-19-23-6-5-17-41-23/h3-4,7-12,14-15,18,23,29H,5-6,13,16-17,19-20H2,1-2H3,(H,32,38)/t23-,29-/m0/s1. The Bertz CT molecular complexity index is 1470. The van der Waals surface area contributed by atoms with Gasteiger partial charge in [0.15, 0.2) is 11.5 Å². The minimum atomic E-state index is -0.887. The lowest BCUT2D eigenvalue weighted by atomic mass is 10.0. The van der Waals surface area contributed by atoms with E-state index in [0.29, 0.717) is 42.2 Å². The van der Waals surface area contributed by atoms with Crippen LogP contribution in [-0.2, 0) is 27.3 Å². The summed E-state index contributed by atoms with van der Waals surface area (Å²) in [5.41, 5.74) is 3.02. The van der Waals surface area contributed by atoms with Gasteiger partial charge in [-0.25, -0.2) is 4.68 Å². The molecule has 0 radical (unpaired) electrons. The van der Waals surface area contributed by atoms with Crippen molar-refractivity contribution in [2.24, 2.45) is 0 Å². The number of hydrogen-bond acceptors (Lipinski definition) is 8. The molecule has 1 saturated heterocycles. The second kappa shape index (κ2) is 13.2. The zero-order valence-corrected chi connectivity index (χ0v) is 23.2. The predicted octanol–water partition coefficient (Wildman–Crippen LogP) is 2.95. The number of hydrogen-bond donors (Lipinski definition) is 1. The fraction of sp³-hybridized carbons (Fsp3) is 0.367. The number of para-hydroxylation sites is 1. The van der Waals surface area contributed by atoms with Crippen LogP contribution in [0.2, 0.25) is 0 Å². The number of ether oxygens (including phenoxy) is 3. The van der Waals surface area contributed by atoms with Crippen LogP contribution in [0.3, 0.4) is 0 Å². The van der Waals surface area contributed by atoms with Gasteiger partial charge in [-0.05, 0) is 66.8 Å². The Labute approximate surface area is 238 Å². The largest absolute Gasteiger partial charge is 0.493 e. The van der Waals surface area contributed by atoms with Crippen LogP contribution in [0.1, 0.15) is 30.0 Å². The zero-order valence-electron chi connectivity index (χ0n) is 23.2. The first-order chi connectivity index (χ1) is 20.1. The number of carbonyl (C=O) groups excluding carboxylic acids is 2. The molecule has 1 N–H and O–H groups in total. The van der Waals surface area contributed by atoms with E-state index in [-0.39, 0.29) is 31.0 Å². The Hall–Kier alpha value is -4.51. The molecular formula is C30H34N6O5. The number of benzene rings is 2. The second-order valence-corrected chi connectivity index (χ2v) is 9.83. The van der Waals surface area contributed by atoms with E-state index in [9.17, 15) is 9.59 Å². The van der Waals surface area contributed by atoms with E-state index in [0.717, 1.165) is 23.9 Å². The molecule has 3 heterocycles. The Morgan fingerprint density at radius 2 is 1.90 bits per heavy atom. The van der Waals surface area contributed by atoms with Gasteiger partial charge in [0.05, 0.1) is 25.8 Å². The summed E-state index contributed by atoms with van der Waals surface area (Å²) in [6.45, 7) is 1.26. The van der Waals surface area contributed by atoms with E-state index in [2.05, 4.69) is 20.6 Å². The van der Waals surface area contributed by atoms with Gasteiger partial charge in [-0.15, -0.1) is 5.10 Å². The minimum Gasteiger partial charge on any atom is -0.493 e. The highest BCUT2D eigenvalue weighted by Crippen LogP contribution is 2.29.